The minimum atomic E-state index is -0.130. The van der Waals surface area contributed by atoms with Gasteiger partial charge in [0.15, 0.2) is 0 Å². The molecule has 2 aromatic rings. The number of pyridine rings is 1. The maximum absolute atomic E-state index is 11.9. The molecule has 0 radical (unpaired) electrons. The molecule has 20 heavy (non-hydrogen) atoms. The van der Waals surface area contributed by atoms with E-state index in [-0.39, 0.29) is 18.3 Å². The Morgan fingerprint density at radius 1 is 1.45 bits per heavy atom. The molecule has 0 fully saturated rings. The molecule has 1 amide bonds. The Morgan fingerprint density at radius 2 is 2.25 bits per heavy atom. The van der Waals surface area contributed by atoms with Crippen molar-refractivity contribution in [3.63, 3.8) is 0 Å². The van der Waals surface area contributed by atoms with Crippen LogP contribution in [0, 0.1) is 0 Å². The quantitative estimate of drug-likeness (QED) is 0.791. The third-order valence-electron chi connectivity index (χ3n) is 2.92. The summed E-state index contributed by atoms with van der Waals surface area (Å²) in [6.07, 6.45) is 4.04. The number of nitrogens with two attached hydrogens (primary N) is 1. The van der Waals surface area contributed by atoms with Crippen molar-refractivity contribution >= 4 is 29.4 Å². The lowest BCUT2D eigenvalue weighted by molar-refractivity contribution is 0.0953. The number of aryl methyl sites for hydroxylation is 1. The number of amides is 1. The minimum Gasteiger partial charge on any atom is -0.352 e. The fourth-order valence-electron chi connectivity index (χ4n) is 1.83. The van der Waals surface area contributed by atoms with Gasteiger partial charge >= 0.3 is 0 Å². The van der Waals surface area contributed by atoms with E-state index < -0.39 is 0 Å². The summed E-state index contributed by atoms with van der Waals surface area (Å²) in [5.74, 6) is -0.130. The first kappa shape index (κ1) is 16.4. The van der Waals surface area contributed by atoms with Gasteiger partial charge in [-0.2, -0.15) is 0 Å². The van der Waals surface area contributed by atoms with Gasteiger partial charge in [-0.05, 0) is 31.9 Å². The van der Waals surface area contributed by atoms with Gasteiger partial charge in [-0.3, -0.25) is 4.79 Å². The van der Waals surface area contributed by atoms with Gasteiger partial charge in [-0.1, -0.05) is 12.1 Å². The molecule has 0 atom stereocenters. The van der Waals surface area contributed by atoms with E-state index in [4.69, 9.17) is 10.3 Å². The summed E-state index contributed by atoms with van der Waals surface area (Å²) >= 11 is 0. The molecule has 0 aromatic carbocycles. The molecule has 6 nitrogen and oxygen atoms in total. The maximum Gasteiger partial charge on any atom is 0.257 e. The standard InChI is InChI=1S/C13H18N4O2.ClH/c1-2-11-10-7-9(8-16-13(10)19-17-11)12(18)15-6-4-3-5-14;/h7-8H,2-6,14H2,1H3,(H,15,18);1H. The number of aromatic nitrogens is 2. The highest BCUT2D eigenvalue weighted by atomic mass is 35.5. The number of nitrogens with one attached hydrogen (secondary N) is 1. The maximum atomic E-state index is 11.9. The largest absolute Gasteiger partial charge is 0.352 e. The highest BCUT2D eigenvalue weighted by Crippen LogP contribution is 2.18. The molecular formula is C13H19ClN4O2. The number of hydrogen-bond acceptors (Lipinski definition) is 5. The van der Waals surface area contributed by atoms with Gasteiger partial charge in [-0.15, -0.1) is 12.4 Å². The van der Waals surface area contributed by atoms with Crippen LogP contribution in [0.15, 0.2) is 16.8 Å². The Morgan fingerprint density at radius 3 is 2.95 bits per heavy atom. The van der Waals surface area contributed by atoms with Crippen LogP contribution in [0.2, 0.25) is 0 Å². The Hall–Kier alpha value is -1.66. The van der Waals surface area contributed by atoms with Gasteiger partial charge in [0.2, 0.25) is 0 Å². The third-order valence-corrected chi connectivity index (χ3v) is 2.92. The van der Waals surface area contributed by atoms with E-state index in [2.05, 4.69) is 15.5 Å². The van der Waals surface area contributed by atoms with E-state index in [0.29, 0.717) is 24.4 Å². The predicted octanol–water partition coefficient (Wildman–Crippen LogP) is 1.68. The summed E-state index contributed by atoms with van der Waals surface area (Å²) in [5, 5.41) is 7.56. The Labute approximate surface area is 123 Å². The fraction of sp³-hybridized carbons (Fsp3) is 0.462. The molecule has 0 aliphatic carbocycles. The van der Waals surface area contributed by atoms with Crippen LogP contribution in [-0.4, -0.2) is 29.1 Å². The zero-order chi connectivity index (χ0) is 13.7. The number of unbranched alkanes of at least 4 members (excludes halogenated alkanes) is 1. The second-order valence-corrected chi connectivity index (χ2v) is 4.31. The molecule has 0 saturated carbocycles. The lowest BCUT2D eigenvalue weighted by atomic mass is 10.1. The molecule has 2 heterocycles. The SMILES string of the molecule is CCc1noc2ncc(C(=O)NCCCCN)cc12.Cl. The lowest BCUT2D eigenvalue weighted by Gasteiger charge is -2.04. The van der Waals surface area contributed by atoms with Crippen molar-refractivity contribution in [1.29, 1.82) is 0 Å². The van der Waals surface area contributed by atoms with Crippen molar-refractivity contribution in [1.82, 2.24) is 15.5 Å². The van der Waals surface area contributed by atoms with Crippen LogP contribution in [0.5, 0.6) is 0 Å². The van der Waals surface area contributed by atoms with Crippen molar-refractivity contribution in [3.8, 4) is 0 Å². The molecular weight excluding hydrogens is 280 g/mol. The van der Waals surface area contributed by atoms with E-state index in [9.17, 15) is 4.79 Å². The number of carbonyl (C=O) groups is 1. The molecule has 0 saturated heterocycles. The second kappa shape index (κ2) is 7.81. The van der Waals surface area contributed by atoms with Crippen LogP contribution in [0.1, 0.15) is 35.8 Å². The summed E-state index contributed by atoms with van der Waals surface area (Å²) in [7, 11) is 0. The first-order chi connectivity index (χ1) is 9.26. The zero-order valence-corrected chi connectivity index (χ0v) is 12.2. The smallest absolute Gasteiger partial charge is 0.257 e. The van der Waals surface area contributed by atoms with E-state index >= 15 is 0 Å². The number of nitrogens with zero attached hydrogens (tertiary/aromatic N) is 2. The van der Waals surface area contributed by atoms with Crippen LogP contribution >= 0.6 is 12.4 Å². The van der Waals surface area contributed by atoms with Crippen molar-refractivity contribution < 1.29 is 9.32 Å². The van der Waals surface area contributed by atoms with E-state index in [1.807, 2.05) is 6.92 Å². The Balaban J connectivity index is 0.00000200. The molecule has 110 valence electrons. The van der Waals surface area contributed by atoms with Crippen LogP contribution in [0.3, 0.4) is 0 Å². The number of rotatable bonds is 6. The monoisotopic (exact) mass is 298 g/mol. The normalized spacial score (nSPS) is 10.3. The van der Waals surface area contributed by atoms with Gasteiger partial charge in [-0.25, -0.2) is 4.98 Å². The van der Waals surface area contributed by atoms with Crippen LogP contribution in [0.25, 0.3) is 11.1 Å². The molecule has 2 aromatic heterocycles. The lowest BCUT2D eigenvalue weighted by Crippen LogP contribution is -2.25. The van der Waals surface area contributed by atoms with Crippen molar-refractivity contribution in [2.75, 3.05) is 13.1 Å². The highest BCUT2D eigenvalue weighted by Gasteiger charge is 2.12. The van der Waals surface area contributed by atoms with Crippen molar-refractivity contribution in [2.24, 2.45) is 5.73 Å². The summed E-state index contributed by atoms with van der Waals surface area (Å²) in [6.45, 7) is 3.25. The van der Waals surface area contributed by atoms with E-state index in [1.165, 1.54) is 6.20 Å². The summed E-state index contributed by atoms with van der Waals surface area (Å²) in [5.41, 5.74) is 7.21. The first-order valence-electron chi connectivity index (χ1n) is 6.48. The number of carbonyl (C=O) groups excluding carboxylic acids is 1. The van der Waals surface area contributed by atoms with Crippen LogP contribution < -0.4 is 11.1 Å². The second-order valence-electron chi connectivity index (χ2n) is 4.31. The average Bonchev–Trinajstić information content (AvgIpc) is 2.85. The molecule has 0 aliphatic rings. The fourth-order valence-corrected chi connectivity index (χ4v) is 1.83. The predicted molar refractivity (Wildman–Crippen MR) is 79.1 cm³/mol. The summed E-state index contributed by atoms with van der Waals surface area (Å²) < 4.78 is 5.08. The van der Waals surface area contributed by atoms with Gasteiger partial charge < -0.3 is 15.6 Å². The van der Waals surface area contributed by atoms with Gasteiger partial charge in [0.25, 0.3) is 11.6 Å². The van der Waals surface area contributed by atoms with Crippen LogP contribution in [-0.2, 0) is 6.42 Å². The van der Waals surface area contributed by atoms with Crippen LogP contribution in [0.4, 0.5) is 0 Å². The summed E-state index contributed by atoms with van der Waals surface area (Å²) in [4.78, 5) is 16.0. The first-order valence-corrected chi connectivity index (χ1v) is 6.48. The number of hydrogen-bond donors (Lipinski definition) is 2. The third kappa shape index (κ3) is 3.68. The minimum absolute atomic E-state index is 0. The highest BCUT2D eigenvalue weighted by molar-refractivity contribution is 5.96. The number of halogens is 1. The van der Waals surface area contributed by atoms with Crippen molar-refractivity contribution in [2.45, 2.75) is 26.2 Å². The molecule has 0 aliphatic heterocycles. The molecule has 2 rings (SSSR count). The Kier molecular flexibility index (Phi) is 6.41. The van der Waals surface area contributed by atoms with Gasteiger partial charge in [0, 0.05) is 12.7 Å². The number of fused-ring (bicyclic) bond motifs is 1. The molecule has 0 unspecified atom stereocenters. The average molecular weight is 299 g/mol. The topological polar surface area (TPSA) is 94.0 Å². The summed E-state index contributed by atoms with van der Waals surface area (Å²) in [6, 6.07) is 1.77. The van der Waals surface area contributed by atoms with E-state index in [0.717, 1.165) is 30.3 Å². The molecule has 0 spiro atoms. The van der Waals surface area contributed by atoms with Gasteiger partial charge in [0.1, 0.15) is 0 Å². The molecule has 7 heteroatoms. The van der Waals surface area contributed by atoms with E-state index in [1.54, 1.807) is 6.07 Å². The molecule has 0 bridgehead atoms. The van der Waals surface area contributed by atoms with Crippen molar-refractivity contribution in [3.05, 3.63) is 23.5 Å². The molecule has 3 N–H and O–H groups in total. The zero-order valence-electron chi connectivity index (χ0n) is 11.4. The van der Waals surface area contributed by atoms with Gasteiger partial charge in [0.05, 0.1) is 16.6 Å². The Bertz CT molecular complexity index is 570.